The van der Waals surface area contributed by atoms with Crippen molar-refractivity contribution < 1.29 is 9.18 Å². The molecule has 4 heteroatoms. The summed E-state index contributed by atoms with van der Waals surface area (Å²) in [6.07, 6.45) is 2.55. The topological polar surface area (TPSA) is 23.6 Å². The third-order valence-electron chi connectivity index (χ3n) is 6.34. The summed E-state index contributed by atoms with van der Waals surface area (Å²) in [5.74, 6) is 0.373. The molecule has 2 aliphatic heterocycles. The zero-order valence-electron chi connectivity index (χ0n) is 16.8. The number of rotatable bonds is 6. The number of fused-ring (bicyclic) bond motifs is 3. The zero-order valence-corrected chi connectivity index (χ0v) is 16.8. The van der Waals surface area contributed by atoms with Gasteiger partial charge in [-0.1, -0.05) is 17.7 Å². The van der Waals surface area contributed by atoms with Gasteiger partial charge in [-0.25, -0.2) is 4.39 Å². The van der Waals surface area contributed by atoms with Crippen LogP contribution in [0.3, 0.4) is 0 Å². The number of carbonyl (C=O) groups is 1. The largest absolute Gasteiger partial charge is 0.368 e. The van der Waals surface area contributed by atoms with Gasteiger partial charge in [-0.2, -0.15) is 0 Å². The van der Waals surface area contributed by atoms with E-state index in [0.717, 1.165) is 32.6 Å². The number of halogens is 1. The van der Waals surface area contributed by atoms with Crippen LogP contribution in [0.1, 0.15) is 53.6 Å². The van der Waals surface area contributed by atoms with E-state index in [4.69, 9.17) is 0 Å². The van der Waals surface area contributed by atoms with E-state index >= 15 is 0 Å². The standard InChI is InChI=1S/C24H29FN2O/c1-3-27-22-11-6-17(2)15-20(22)21-16-26(14-12-23(21)27)13-4-5-24(28)18-7-9-19(25)10-8-18/h6-11,15,21,23H,3-5,12-14,16H2,1-2H3. The molecule has 148 valence electrons. The minimum Gasteiger partial charge on any atom is -0.368 e. The van der Waals surface area contributed by atoms with Crippen LogP contribution in [0.4, 0.5) is 10.1 Å². The molecule has 0 saturated carbocycles. The molecule has 0 N–H and O–H groups in total. The number of hydrogen-bond acceptors (Lipinski definition) is 3. The van der Waals surface area contributed by atoms with E-state index in [1.165, 1.54) is 35.4 Å². The molecule has 2 aliphatic rings. The molecular weight excluding hydrogens is 351 g/mol. The third kappa shape index (κ3) is 3.70. The molecule has 0 radical (unpaired) electrons. The maximum absolute atomic E-state index is 13.0. The lowest BCUT2D eigenvalue weighted by atomic mass is 9.88. The molecule has 4 rings (SSSR count). The van der Waals surface area contributed by atoms with Crippen molar-refractivity contribution in [2.45, 2.75) is 45.1 Å². The SMILES string of the molecule is CCN1c2ccc(C)cc2C2CN(CCCC(=O)c3ccc(F)cc3)CCC21. The number of carbonyl (C=O) groups excluding carboxylic acids is 1. The van der Waals surface area contributed by atoms with Crippen LogP contribution in [0.2, 0.25) is 0 Å². The Bertz CT molecular complexity index is 848. The summed E-state index contributed by atoms with van der Waals surface area (Å²) in [6, 6.07) is 13.4. The van der Waals surface area contributed by atoms with Crippen LogP contribution < -0.4 is 4.90 Å². The highest BCUT2D eigenvalue weighted by atomic mass is 19.1. The van der Waals surface area contributed by atoms with Crippen molar-refractivity contribution in [1.82, 2.24) is 4.90 Å². The van der Waals surface area contributed by atoms with E-state index < -0.39 is 0 Å². The fraction of sp³-hybridized carbons (Fsp3) is 0.458. The van der Waals surface area contributed by atoms with Crippen LogP contribution in [0.15, 0.2) is 42.5 Å². The van der Waals surface area contributed by atoms with Gasteiger partial charge < -0.3 is 9.80 Å². The van der Waals surface area contributed by atoms with Crippen LogP contribution in [-0.2, 0) is 0 Å². The van der Waals surface area contributed by atoms with Gasteiger partial charge in [-0.3, -0.25) is 4.79 Å². The highest BCUT2D eigenvalue weighted by molar-refractivity contribution is 5.95. The quantitative estimate of drug-likeness (QED) is 0.673. The summed E-state index contributed by atoms with van der Waals surface area (Å²) in [6.45, 7) is 8.59. The minimum atomic E-state index is -0.298. The number of aryl methyl sites for hydroxylation is 1. The highest BCUT2D eigenvalue weighted by Gasteiger charge is 2.40. The molecule has 0 amide bonds. The lowest BCUT2D eigenvalue weighted by Crippen LogP contribution is -2.46. The zero-order chi connectivity index (χ0) is 19.7. The predicted octanol–water partition coefficient (Wildman–Crippen LogP) is 4.80. The van der Waals surface area contributed by atoms with E-state index in [0.29, 0.717) is 23.9 Å². The van der Waals surface area contributed by atoms with Gasteiger partial charge in [-0.05, 0) is 69.1 Å². The first-order valence-corrected chi connectivity index (χ1v) is 10.4. The van der Waals surface area contributed by atoms with E-state index in [-0.39, 0.29) is 11.6 Å². The Morgan fingerprint density at radius 2 is 1.96 bits per heavy atom. The lowest BCUT2D eigenvalue weighted by Gasteiger charge is -2.38. The first-order valence-electron chi connectivity index (χ1n) is 10.4. The van der Waals surface area contributed by atoms with Gasteiger partial charge in [-0.15, -0.1) is 0 Å². The molecule has 2 heterocycles. The average molecular weight is 381 g/mol. The maximum atomic E-state index is 13.0. The number of benzene rings is 2. The first-order chi connectivity index (χ1) is 13.6. The summed E-state index contributed by atoms with van der Waals surface area (Å²) >= 11 is 0. The smallest absolute Gasteiger partial charge is 0.162 e. The normalized spacial score (nSPS) is 21.5. The maximum Gasteiger partial charge on any atom is 0.162 e. The van der Waals surface area contributed by atoms with Gasteiger partial charge in [0, 0.05) is 49.3 Å². The molecule has 0 aliphatic carbocycles. The molecule has 1 saturated heterocycles. The van der Waals surface area contributed by atoms with Crippen molar-refractivity contribution >= 4 is 11.5 Å². The van der Waals surface area contributed by atoms with E-state index in [1.807, 2.05) is 0 Å². The second-order valence-electron chi connectivity index (χ2n) is 8.15. The van der Waals surface area contributed by atoms with Gasteiger partial charge in [0.25, 0.3) is 0 Å². The van der Waals surface area contributed by atoms with Crippen molar-refractivity contribution in [3.63, 3.8) is 0 Å². The van der Waals surface area contributed by atoms with Crippen molar-refractivity contribution in [3.8, 4) is 0 Å². The molecule has 1 fully saturated rings. The molecule has 2 unspecified atom stereocenters. The number of anilines is 1. The van der Waals surface area contributed by atoms with Gasteiger partial charge in [0.1, 0.15) is 5.82 Å². The summed E-state index contributed by atoms with van der Waals surface area (Å²) in [5, 5.41) is 0. The highest BCUT2D eigenvalue weighted by Crippen LogP contribution is 2.44. The van der Waals surface area contributed by atoms with Crippen molar-refractivity contribution in [3.05, 3.63) is 65.0 Å². The number of likely N-dealkylation sites (tertiary alicyclic amines) is 1. The molecule has 0 spiro atoms. The van der Waals surface area contributed by atoms with Crippen molar-refractivity contribution in [2.75, 3.05) is 31.1 Å². The molecule has 2 atom stereocenters. The van der Waals surface area contributed by atoms with E-state index in [9.17, 15) is 9.18 Å². The van der Waals surface area contributed by atoms with Crippen molar-refractivity contribution in [2.24, 2.45) is 0 Å². The van der Waals surface area contributed by atoms with Gasteiger partial charge >= 0.3 is 0 Å². The van der Waals surface area contributed by atoms with Crippen molar-refractivity contribution in [1.29, 1.82) is 0 Å². The number of nitrogens with zero attached hydrogens (tertiary/aromatic N) is 2. The van der Waals surface area contributed by atoms with Crippen LogP contribution in [0.25, 0.3) is 0 Å². The number of hydrogen-bond donors (Lipinski definition) is 0. The van der Waals surface area contributed by atoms with Crippen LogP contribution >= 0.6 is 0 Å². The van der Waals surface area contributed by atoms with Crippen LogP contribution in [0, 0.1) is 12.7 Å². The van der Waals surface area contributed by atoms with E-state index in [1.54, 1.807) is 12.1 Å². The Balaban J connectivity index is 1.36. The Labute approximate surface area is 167 Å². The molecule has 0 aromatic heterocycles. The Kier molecular flexibility index (Phi) is 5.49. The molecular formula is C24H29FN2O. The Morgan fingerprint density at radius 1 is 1.18 bits per heavy atom. The number of Topliss-reactive ketones (excluding diaryl/α,β-unsaturated/α-hetero) is 1. The average Bonchev–Trinajstić information content (AvgIpc) is 3.00. The van der Waals surface area contributed by atoms with Gasteiger partial charge in [0.05, 0.1) is 0 Å². The minimum absolute atomic E-state index is 0.105. The Morgan fingerprint density at radius 3 is 2.71 bits per heavy atom. The van der Waals surface area contributed by atoms with Gasteiger partial charge in [0.15, 0.2) is 5.78 Å². The predicted molar refractivity (Wildman–Crippen MR) is 112 cm³/mol. The molecule has 3 nitrogen and oxygen atoms in total. The number of ketones is 1. The fourth-order valence-corrected chi connectivity index (χ4v) is 4.95. The fourth-order valence-electron chi connectivity index (χ4n) is 4.95. The third-order valence-corrected chi connectivity index (χ3v) is 6.34. The Hall–Kier alpha value is -2.20. The number of piperidine rings is 1. The van der Waals surface area contributed by atoms with Gasteiger partial charge in [0.2, 0.25) is 0 Å². The second-order valence-corrected chi connectivity index (χ2v) is 8.15. The summed E-state index contributed by atoms with van der Waals surface area (Å²) in [4.78, 5) is 17.4. The van der Waals surface area contributed by atoms with E-state index in [2.05, 4.69) is 41.8 Å². The van der Waals surface area contributed by atoms with Crippen LogP contribution in [-0.4, -0.2) is 42.9 Å². The monoisotopic (exact) mass is 380 g/mol. The molecule has 0 bridgehead atoms. The summed E-state index contributed by atoms with van der Waals surface area (Å²) < 4.78 is 13.0. The summed E-state index contributed by atoms with van der Waals surface area (Å²) in [7, 11) is 0. The lowest BCUT2D eigenvalue weighted by molar-refractivity contribution is 0.0971. The molecule has 2 aromatic rings. The summed E-state index contributed by atoms with van der Waals surface area (Å²) in [5.41, 5.74) is 4.85. The first kappa shape index (κ1) is 19.1. The molecule has 2 aromatic carbocycles. The number of likely N-dealkylation sites (N-methyl/N-ethyl adjacent to an activating group) is 1. The second kappa shape index (κ2) is 8.04. The molecule has 28 heavy (non-hydrogen) atoms. The van der Waals surface area contributed by atoms with Crippen LogP contribution in [0.5, 0.6) is 0 Å².